The monoisotopic (exact) mass is 407 g/mol. The van der Waals surface area contributed by atoms with E-state index in [1.165, 1.54) is 6.07 Å². The zero-order chi connectivity index (χ0) is 22.2. The molecule has 158 valence electrons. The fraction of sp³-hybridized carbons (Fsp3) is 0.455. The van der Waals surface area contributed by atoms with Gasteiger partial charge in [-0.2, -0.15) is 18.3 Å². The Hall–Kier alpha value is -2.57. The summed E-state index contributed by atoms with van der Waals surface area (Å²) >= 11 is 0. The lowest BCUT2D eigenvalue weighted by Gasteiger charge is -2.28. The molecule has 0 saturated carbocycles. The van der Waals surface area contributed by atoms with Crippen molar-refractivity contribution in [2.45, 2.75) is 65.5 Å². The Kier molecular flexibility index (Phi) is 6.02. The first-order valence-electron chi connectivity index (χ1n) is 9.32. The Labute approximate surface area is 169 Å². The lowest BCUT2D eigenvalue weighted by molar-refractivity contribution is -0.137. The zero-order valence-corrected chi connectivity index (χ0v) is 17.9. The predicted octanol–water partition coefficient (Wildman–Crippen LogP) is 6.24. The van der Waals surface area contributed by atoms with Crippen LogP contribution in [0.25, 0.3) is 0 Å². The zero-order valence-electron chi connectivity index (χ0n) is 17.9. The maximum absolute atomic E-state index is 12.6. The van der Waals surface area contributed by atoms with Crippen LogP contribution < -0.4 is 5.43 Å². The fourth-order valence-corrected chi connectivity index (χ4v) is 2.82. The van der Waals surface area contributed by atoms with Crippen LogP contribution in [0.1, 0.15) is 70.7 Å². The van der Waals surface area contributed by atoms with Crippen LogP contribution in [0.4, 0.5) is 19.0 Å². The van der Waals surface area contributed by atoms with Crippen molar-refractivity contribution >= 4 is 11.5 Å². The molecule has 0 saturated heterocycles. The molecule has 0 amide bonds. The lowest BCUT2D eigenvalue weighted by atomic mass is 9.78. The van der Waals surface area contributed by atoms with E-state index in [0.29, 0.717) is 5.71 Å². The van der Waals surface area contributed by atoms with Crippen LogP contribution in [0, 0.1) is 0 Å². The van der Waals surface area contributed by atoms with Crippen molar-refractivity contribution in [3.05, 3.63) is 52.7 Å². The molecule has 2 N–H and O–H groups in total. The van der Waals surface area contributed by atoms with Crippen LogP contribution in [0.3, 0.4) is 0 Å². The molecule has 0 aliphatic rings. The summed E-state index contributed by atoms with van der Waals surface area (Å²) in [6, 6.07) is 5.98. The molecule has 2 aromatic rings. The predicted molar refractivity (Wildman–Crippen MR) is 111 cm³/mol. The molecule has 1 aromatic carbocycles. The van der Waals surface area contributed by atoms with E-state index in [2.05, 4.69) is 15.5 Å². The van der Waals surface area contributed by atoms with E-state index in [4.69, 9.17) is 0 Å². The van der Waals surface area contributed by atoms with E-state index in [-0.39, 0.29) is 22.4 Å². The number of phenolic OH excluding ortho intramolecular Hbond substituents is 1. The third-order valence-corrected chi connectivity index (χ3v) is 4.57. The second kappa shape index (κ2) is 7.69. The highest BCUT2D eigenvalue weighted by Crippen LogP contribution is 2.40. The highest BCUT2D eigenvalue weighted by molar-refractivity contribution is 5.99. The molecule has 29 heavy (non-hydrogen) atoms. The van der Waals surface area contributed by atoms with Gasteiger partial charge < -0.3 is 5.11 Å². The summed E-state index contributed by atoms with van der Waals surface area (Å²) in [5.74, 6) is 0.488. The first-order valence-corrected chi connectivity index (χ1v) is 9.32. The summed E-state index contributed by atoms with van der Waals surface area (Å²) in [4.78, 5) is 3.76. The summed E-state index contributed by atoms with van der Waals surface area (Å²) in [6.45, 7) is 13.9. The van der Waals surface area contributed by atoms with Gasteiger partial charge in [-0.15, -0.1) is 0 Å². The number of aromatic nitrogens is 1. The second-order valence-corrected chi connectivity index (χ2v) is 9.16. The minimum atomic E-state index is -4.43. The van der Waals surface area contributed by atoms with Gasteiger partial charge in [-0.3, -0.25) is 5.43 Å². The van der Waals surface area contributed by atoms with E-state index in [1.54, 1.807) is 6.92 Å². The lowest BCUT2D eigenvalue weighted by Crippen LogP contribution is -2.18. The van der Waals surface area contributed by atoms with E-state index in [1.807, 2.05) is 53.7 Å². The Balaban J connectivity index is 2.40. The van der Waals surface area contributed by atoms with Gasteiger partial charge in [0.2, 0.25) is 0 Å². The summed E-state index contributed by atoms with van der Waals surface area (Å²) in [5.41, 5.74) is 4.40. The smallest absolute Gasteiger partial charge is 0.417 e. The molecule has 4 nitrogen and oxygen atoms in total. The summed E-state index contributed by atoms with van der Waals surface area (Å²) in [6.07, 6.45) is -3.66. The molecule has 0 aliphatic carbocycles. The Bertz CT molecular complexity index is 868. The molecule has 1 heterocycles. The molecule has 0 aliphatic heterocycles. The summed E-state index contributed by atoms with van der Waals surface area (Å²) < 4.78 is 37.9. The number of pyridine rings is 1. The topological polar surface area (TPSA) is 57.5 Å². The minimum Gasteiger partial charge on any atom is -0.507 e. The van der Waals surface area contributed by atoms with Crippen LogP contribution in [0.5, 0.6) is 5.75 Å². The number of hydrogen-bond acceptors (Lipinski definition) is 4. The average molecular weight is 407 g/mol. The van der Waals surface area contributed by atoms with E-state index in [9.17, 15) is 18.3 Å². The van der Waals surface area contributed by atoms with Gasteiger partial charge in [0.05, 0.1) is 11.3 Å². The van der Waals surface area contributed by atoms with E-state index < -0.39 is 11.7 Å². The number of hydrazone groups is 1. The average Bonchev–Trinajstić information content (AvgIpc) is 2.57. The van der Waals surface area contributed by atoms with Gasteiger partial charge in [0, 0.05) is 17.3 Å². The number of aromatic hydroxyl groups is 1. The molecule has 1 aromatic heterocycles. The van der Waals surface area contributed by atoms with Gasteiger partial charge in [0.1, 0.15) is 11.6 Å². The third-order valence-electron chi connectivity index (χ3n) is 4.57. The largest absolute Gasteiger partial charge is 0.507 e. The first-order chi connectivity index (χ1) is 13.1. The van der Waals surface area contributed by atoms with Crippen molar-refractivity contribution in [1.29, 1.82) is 0 Å². The molecule has 7 heteroatoms. The highest BCUT2D eigenvalue weighted by atomic mass is 19.4. The van der Waals surface area contributed by atoms with E-state index >= 15 is 0 Å². The van der Waals surface area contributed by atoms with Crippen molar-refractivity contribution in [3.8, 4) is 5.75 Å². The van der Waals surface area contributed by atoms with Gasteiger partial charge >= 0.3 is 6.18 Å². The van der Waals surface area contributed by atoms with Gasteiger partial charge in [-0.05, 0) is 47.6 Å². The number of benzene rings is 1. The van der Waals surface area contributed by atoms with Crippen molar-refractivity contribution in [1.82, 2.24) is 4.98 Å². The highest BCUT2D eigenvalue weighted by Gasteiger charge is 2.30. The molecule has 0 unspecified atom stereocenters. The molecule has 2 rings (SSSR count). The molecule has 0 bridgehead atoms. The SMILES string of the molecule is C/C(=N/Nc1ccc(C(F)(F)F)cn1)c1cc(C(C)(C)C)c(O)c(C(C)(C)C)c1. The van der Waals surface area contributed by atoms with Crippen molar-refractivity contribution < 1.29 is 18.3 Å². The van der Waals surface area contributed by atoms with Crippen LogP contribution >= 0.6 is 0 Å². The van der Waals surface area contributed by atoms with Crippen molar-refractivity contribution in [2.24, 2.45) is 5.10 Å². The van der Waals surface area contributed by atoms with Crippen molar-refractivity contribution in [3.63, 3.8) is 0 Å². The Morgan fingerprint density at radius 3 is 1.86 bits per heavy atom. The summed E-state index contributed by atoms with van der Waals surface area (Å²) in [5, 5.41) is 15.1. The second-order valence-electron chi connectivity index (χ2n) is 9.16. The van der Waals surface area contributed by atoms with Gasteiger partial charge in [0.25, 0.3) is 0 Å². The fourth-order valence-electron chi connectivity index (χ4n) is 2.82. The van der Waals surface area contributed by atoms with Crippen molar-refractivity contribution in [2.75, 3.05) is 5.43 Å². The quantitative estimate of drug-likeness (QED) is 0.468. The van der Waals surface area contributed by atoms with Gasteiger partial charge in [-0.25, -0.2) is 4.98 Å². The van der Waals surface area contributed by atoms with Crippen LogP contribution in [-0.4, -0.2) is 15.8 Å². The number of anilines is 1. The number of nitrogens with one attached hydrogen (secondary N) is 1. The molecular formula is C22H28F3N3O. The molecular weight excluding hydrogens is 379 g/mol. The molecule has 0 atom stereocenters. The summed E-state index contributed by atoms with van der Waals surface area (Å²) in [7, 11) is 0. The number of phenols is 1. The standard InChI is InChI=1S/C22H28F3N3O/c1-13(27-28-18-9-8-15(12-26-18)22(23,24)25)14-10-16(20(2,3)4)19(29)17(11-14)21(5,6)7/h8-12,29H,1-7H3,(H,26,28)/b27-13-. The number of rotatable bonds is 3. The van der Waals surface area contributed by atoms with E-state index in [0.717, 1.165) is 29.0 Å². The number of nitrogens with zero attached hydrogens (tertiary/aromatic N) is 2. The Morgan fingerprint density at radius 1 is 0.966 bits per heavy atom. The molecule has 0 radical (unpaired) electrons. The van der Waals surface area contributed by atoms with Crippen LogP contribution in [0.15, 0.2) is 35.6 Å². The minimum absolute atomic E-state index is 0.211. The van der Waals surface area contributed by atoms with Crippen LogP contribution in [0.2, 0.25) is 0 Å². The number of halogens is 3. The third kappa shape index (κ3) is 5.49. The normalized spacial score (nSPS) is 13.5. The maximum Gasteiger partial charge on any atom is 0.417 e. The van der Waals surface area contributed by atoms with Gasteiger partial charge in [-0.1, -0.05) is 41.5 Å². The molecule has 0 spiro atoms. The maximum atomic E-state index is 12.6. The molecule has 0 fully saturated rings. The number of hydrogen-bond donors (Lipinski definition) is 2. The Morgan fingerprint density at radius 2 is 1.48 bits per heavy atom. The number of alkyl halides is 3. The van der Waals surface area contributed by atoms with Crippen LogP contribution in [-0.2, 0) is 17.0 Å². The first kappa shape index (κ1) is 22.7. The van der Waals surface area contributed by atoms with Gasteiger partial charge in [0.15, 0.2) is 0 Å².